The number of hydrogen-bond donors (Lipinski definition) is 1. The van der Waals surface area contributed by atoms with E-state index in [4.69, 9.17) is 9.84 Å². The van der Waals surface area contributed by atoms with Crippen LogP contribution in [0.2, 0.25) is 0 Å². The van der Waals surface area contributed by atoms with Gasteiger partial charge in [0.15, 0.2) is 0 Å². The lowest BCUT2D eigenvalue weighted by Gasteiger charge is -2.28. The highest BCUT2D eigenvalue weighted by atomic mass is 19.1. The first kappa shape index (κ1) is 18.7. The van der Waals surface area contributed by atoms with Gasteiger partial charge in [-0.05, 0) is 83.5 Å². The summed E-state index contributed by atoms with van der Waals surface area (Å²) in [5.74, 6) is -1.29. The highest BCUT2D eigenvalue weighted by Gasteiger charge is 2.52. The molecule has 1 N–H and O–H groups in total. The molecular weight excluding hydrogens is 355 g/mol. The number of carboxylic acid groups (broad SMARTS) is 1. The molecule has 1 fully saturated rings. The van der Waals surface area contributed by atoms with Crippen LogP contribution in [0.15, 0.2) is 30.3 Å². The van der Waals surface area contributed by atoms with Crippen LogP contribution in [0.25, 0.3) is 11.9 Å². The van der Waals surface area contributed by atoms with E-state index in [1.54, 1.807) is 0 Å². The van der Waals surface area contributed by atoms with E-state index in [1.807, 2.05) is 6.92 Å². The molecule has 2 atom stereocenters. The Hall–Kier alpha value is -2.62. The Balaban J connectivity index is 1.78. The van der Waals surface area contributed by atoms with Crippen molar-refractivity contribution in [3.8, 4) is 5.75 Å². The molecule has 0 radical (unpaired) electrons. The van der Waals surface area contributed by atoms with Crippen molar-refractivity contribution in [3.63, 3.8) is 0 Å². The van der Waals surface area contributed by atoms with E-state index < -0.39 is 11.8 Å². The van der Waals surface area contributed by atoms with Gasteiger partial charge < -0.3 is 9.84 Å². The molecule has 0 spiro atoms. The first-order chi connectivity index (χ1) is 13.2. The monoisotopic (exact) mass is 380 g/mol. The molecule has 4 rings (SSSR count). The van der Waals surface area contributed by atoms with Crippen molar-refractivity contribution in [2.75, 3.05) is 7.11 Å². The summed E-state index contributed by atoms with van der Waals surface area (Å²) in [6, 6.07) is 8.57. The molecule has 0 aromatic heterocycles. The molecule has 3 nitrogen and oxygen atoms in total. The molecule has 2 aromatic carbocycles. The summed E-state index contributed by atoms with van der Waals surface area (Å²) in [6.07, 6.45) is 5.09. The molecule has 0 saturated heterocycles. The van der Waals surface area contributed by atoms with E-state index in [2.05, 4.69) is 26.0 Å². The molecular formula is C24H25FO3. The number of aromatic carboxylic acids is 1. The van der Waals surface area contributed by atoms with Gasteiger partial charge in [-0.15, -0.1) is 0 Å². The number of hydrogen-bond acceptors (Lipinski definition) is 2. The van der Waals surface area contributed by atoms with Gasteiger partial charge in [0.2, 0.25) is 0 Å². The van der Waals surface area contributed by atoms with Crippen molar-refractivity contribution in [1.29, 1.82) is 0 Å². The lowest BCUT2D eigenvalue weighted by atomic mass is 9.76. The smallest absolute Gasteiger partial charge is 0.335 e. The normalized spacial score (nSPS) is 25.7. The first-order valence-electron chi connectivity index (χ1n) is 9.61. The van der Waals surface area contributed by atoms with Crippen molar-refractivity contribution in [2.45, 2.75) is 50.9 Å². The van der Waals surface area contributed by atoms with Crippen LogP contribution < -0.4 is 4.74 Å². The van der Waals surface area contributed by atoms with Gasteiger partial charge in [-0.25, -0.2) is 9.18 Å². The number of fused-ring (bicyclic) bond motifs is 5. The number of methoxy groups -OCH3 is 1. The van der Waals surface area contributed by atoms with E-state index in [-0.39, 0.29) is 27.7 Å². The zero-order valence-corrected chi connectivity index (χ0v) is 16.7. The van der Waals surface area contributed by atoms with E-state index in [1.165, 1.54) is 55.4 Å². The van der Waals surface area contributed by atoms with Crippen LogP contribution in [-0.2, 0) is 10.8 Å². The van der Waals surface area contributed by atoms with Crippen LogP contribution in [0.4, 0.5) is 4.39 Å². The third-order valence-electron chi connectivity index (χ3n) is 6.70. The maximum atomic E-state index is 15.1. The summed E-state index contributed by atoms with van der Waals surface area (Å²) in [4.78, 5) is 11.1. The molecule has 146 valence electrons. The average Bonchev–Trinajstić information content (AvgIpc) is 3.08. The number of carboxylic acids is 1. The van der Waals surface area contributed by atoms with Crippen LogP contribution in [0.5, 0.6) is 5.75 Å². The lowest BCUT2D eigenvalue weighted by molar-refractivity contribution is 0.0696. The summed E-state index contributed by atoms with van der Waals surface area (Å²) in [5, 5.41) is 9.13. The Morgan fingerprint density at radius 2 is 1.79 bits per heavy atom. The third kappa shape index (κ3) is 2.74. The summed E-state index contributed by atoms with van der Waals surface area (Å²) in [7, 11) is 1.41. The Morgan fingerprint density at radius 3 is 2.39 bits per heavy atom. The van der Waals surface area contributed by atoms with E-state index in [0.29, 0.717) is 0 Å². The quantitative estimate of drug-likeness (QED) is 0.674. The van der Waals surface area contributed by atoms with Crippen LogP contribution in [0.3, 0.4) is 0 Å². The number of halogens is 1. The molecule has 0 amide bonds. The van der Waals surface area contributed by atoms with Crippen LogP contribution in [0, 0.1) is 6.92 Å². The maximum absolute atomic E-state index is 15.1. The Labute approximate surface area is 164 Å². The van der Waals surface area contributed by atoms with Gasteiger partial charge >= 0.3 is 5.97 Å². The van der Waals surface area contributed by atoms with Gasteiger partial charge in [-0.1, -0.05) is 26.0 Å². The molecule has 2 aromatic rings. The first-order valence-corrected chi connectivity index (χ1v) is 9.61. The number of rotatable bonds is 4. The Morgan fingerprint density at radius 1 is 1.14 bits per heavy atom. The van der Waals surface area contributed by atoms with Crippen molar-refractivity contribution >= 4 is 17.9 Å². The summed E-state index contributed by atoms with van der Waals surface area (Å²) < 4.78 is 20.3. The number of benzene rings is 2. The molecule has 2 aliphatic rings. The summed E-state index contributed by atoms with van der Waals surface area (Å²) in [5.41, 5.74) is 5.42. The maximum Gasteiger partial charge on any atom is 0.335 e. The van der Waals surface area contributed by atoms with E-state index in [9.17, 15) is 4.79 Å². The van der Waals surface area contributed by atoms with Crippen molar-refractivity contribution in [1.82, 2.24) is 0 Å². The molecule has 4 heteroatoms. The van der Waals surface area contributed by atoms with Gasteiger partial charge in [-0.2, -0.15) is 0 Å². The SMILES string of the molecule is COc1cc(C(=O)O)ccc1/C(F)=C\c1cc2c(cc1C)C1(C)CCC2(C)C1. The second-order valence-electron chi connectivity index (χ2n) is 8.76. The van der Waals surface area contributed by atoms with Crippen molar-refractivity contribution in [2.24, 2.45) is 0 Å². The van der Waals surface area contributed by atoms with Crippen LogP contribution in [-0.4, -0.2) is 18.2 Å². The second kappa shape index (κ2) is 6.20. The molecule has 0 heterocycles. The van der Waals surface area contributed by atoms with Gasteiger partial charge in [0, 0.05) is 0 Å². The highest BCUT2D eigenvalue weighted by molar-refractivity contribution is 5.90. The van der Waals surface area contributed by atoms with Gasteiger partial charge in [0.25, 0.3) is 0 Å². The van der Waals surface area contributed by atoms with E-state index >= 15 is 4.39 Å². The Kier molecular flexibility index (Phi) is 4.14. The minimum absolute atomic E-state index is 0.0688. The fourth-order valence-corrected chi connectivity index (χ4v) is 5.16. The van der Waals surface area contributed by atoms with Crippen molar-refractivity contribution < 1.29 is 19.0 Å². The fraction of sp³-hybridized carbons (Fsp3) is 0.375. The lowest BCUT2D eigenvalue weighted by Crippen LogP contribution is -2.18. The van der Waals surface area contributed by atoms with Crippen molar-refractivity contribution in [3.05, 3.63) is 63.7 Å². The molecule has 28 heavy (non-hydrogen) atoms. The van der Waals surface area contributed by atoms with Crippen LogP contribution in [0.1, 0.15) is 71.3 Å². The fourth-order valence-electron chi connectivity index (χ4n) is 5.16. The standard InChI is InChI=1S/C24H25FO3/c1-14-9-18-19(24(3)8-7-23(18,2)13-24)10-16(14)11-20(25)17-6-5-15(22(26)27)12-21(17)28-4/h5-6,9-12H,7-8,13H2,1-4H3,(H,26,27)/b20-11+. The number of ether oxygens (including phenoxy) is 1. The molecule has 2 aliphatic carbocycles. The molecule has 2 unspecified atom stereocenters. The number of carbonyl (C=O) groups is 1. The minimum Gasteiger partial charge on any atom is -0.496 e. The van der Waals surface area contributed by atoms with Crippen LogP contribution >= 0.6 is 0 Å². The summed E-state index contributed by atoms with van der Waals surface area (Å²) >= 11 is 0. The van der Waals surface area contributed by atoms with Gasteiger partial charge in [-0.3, -0.25) is 0 Å². The molecule has 2 bridgehead atoms. The highest BCUT2D eigenvalue weighted by Crippen LogP contribution is 2.60. The van der Waals surface area contributed by atoms with Gasteiger partial charge in [0.05, 0.1) is 18.2 Å². The predicted octanol–water partition coefficient (Wildman–Crippen LogP) is 5.88. The predicted molar refractivity (Wildman–Crippen MR) is 109 cm³/mol. The zero-order valence-electron chi connectivity index (χ0n) is 16.7. The zero-order chi connectivity index (χ0) is 20.3. The topological polar surface area (TPSA) is 46.5 Å². The largest absolute Gasteiger partial charge is 0.496 e. The third-order valence-corrected chi connectivity index (χ3v) is 6.70. The Bertz CT molecular complexity index is 1020. The van der Waals surface area contributed by atoms with E-state index in [0.717, 1.165) is 17.5 Å². The second-order valence-corrected chi connectivity index (χ2v) is 8.76. The molecule has 0 aliphatic heterocycles. The number of aryl methyl sites for hydroxylation is 1. The minimum atomic E-state index is -1.07. The van der Waals surface area contributed by atoms with Gasteiger partial charge in [0.1, 0.15) is 11.6 Å². The summed E-state index contributed by atoms with van der Waals surface area (Å²) in [6.45, 7) is 6.67. The average molecular weight is 380 g/mol. The molecule has 1 saturated carbocycles.